The van der Waals surface area contributed by atoms with Crippen LogP contribution in [0.25, 0.3) is 0 Å². The topological polar surface area (TPSA) is 58.2 Å². The Morgan fingerprint density at radius 2 is 1.37 bits per heavy atom. The van der Waals surface area contributed by atoms with Crippen LogP contribution in [0.4, 0.5) is 0 Å². The second-order valence-corrected chi connectivity index (χ2v) is 7.49. The van der Waals surface area contributed by atoms with Crippen molar-refractivity contribution in [3.8, 4) is 0 Å². The Balaban J connectivity index is 1.52. The smallest absolute Gasteiger partial charge is 0.251 e. The van der Waals surface area contributed by atoms with E-state index in [1.807, 2.05) is 62.4 Å². The summed E-state index contributed by atoms with van der Waals surface area (Å²) in [5.74, 6) is -0.218. The normalized spacial score (nSPS) is 10.6. The number of carbonyl (C=O) groups excluding carboxylic acids is 2. The van der Waals surface area contributed by atoms with Crippen LogP contribution in [0, 0.1) is 13.8 Å². The Kier molecular flexibility index (Phi) is 7.39. The molecule has 154 valence electrons. The van der Waals surface area contributed by atoms with Crippen LogP contribution >= 0.6 is 0 Å². The number of rotatable bonds is 8. The molecule has 0 saturated carbocycles. The first-order valence-corrected chi connectivity index (χ1v) is 10.3. The van der Waals surface area contributed by atoms with Crippen LogP contribution in [0.1, 0.15) is 45.0 Å². The number of aryl methyl sites for hydroxylation is 2. The molecule has 3 aromatic rings. The van der Waals surface area contributed by atoms with E-state index < -0.39 is 0 Å². The molecule has 4 nitrogen and oxygen atoms in total. The van der Waals surface area contributed by atoms with Crippen LogP contribution in [0.5, 0.6) is 0 Å². The molecule has 0 unspecified atom stereocenters. The van der Waals surface area contributed by atoms with Crippen molar-refractivity contribution in [3.63, 3.8) is 0 Å². The van der Waals surface area contributed by atoms with Gasteiger partial charge < -0.3 is 10.6 Å². The number of benzene rings is 3. The van der Waals surface area contributed by atoms with E-state index in [1.54, 1.807) is 6.07 Å². The Labute approximate surface area is 178 Å². The van der Waals surface area contributed by atoms with Gasteiger partial charge in [-0.05, 0) is 54.7 Å². The molecular formula is C26H28N2O2. The van der Waals surface area contributed by atoms with Gasteiger partial charge in [-0.15, -0.1) is 0 Å². The van der Waals surface area contributed by atoms with E-state index in [9.17, 15) is 9.59 Å². The Morgan fingerprint density at radius 3 is 1.93 bits per heavy atom. The van der Waals surface area contributed by atoms with Crippen molar-refractivity contribution in [1.82, 2.24) is 10.6 Å². The summed E-state index contributed by atoms with van der Waals surface area (Å²) in [6.07, 6.45) is 0.783. The van der Waals surface area contributed by atoms with Crippen molar-refractivity contribution < 1.29 is 9.59 Å². The van der Waals surface area contributed by atoms with Crippen molar-refractivity contribution in [2.45, 2.75) is 26.2 Å². The van der Waals surface area contributed by atoms with Crippen molar-refractivity contribution >= 4 is 11.8 Å². The van der Waals surface area contributed by atoms with Crippen molar-refractivity contribution in [1.29, 1.82) is 0 Å². The zero-order valence-corrected chi connectivity index (χ0v) is 17.5. The van der Waals surface area contributed by atoms with Crippen molar-refractivity contribution in [2.24, 2.45) is 0 Å². The first-order valence-electron chi connectivity index (χ1n) is 10.3. The summed E-state index contributed by atoms with van der Waals surface area (Å²) < 4.78 is 0. The lowest BCUT2D eigenvalue weighted by Crippen LogP contribution is -2.37. The molecule has 0 aliphatic rings. The van der Waals surface area contributed by atoms with Crippen LogP contribution in [-0.2, 0) is 4.79 Å². The molecule has 30 heavy (non-hydrogen) atoms. The van der Waals surface area contributed by atoms with E-state index in [-0.39, 0.29) is 24.3 Å². The fraction of sp³-hybridized carbons (Fsp3) is 0.231. The van der Waals surface area contributed by atoms with Crippen LogP contribution in [0.15, 0.2) is 78.9 Å². The summed E-state index contributed by atoms with van der Waals surface area (Å²) in [4.78, 5) is 24.5. The third-order valence-electron chi connectivity index (χ3n) is 5.34. The molecular weight excluding hydrogens is 372 g/mol. The summed E-state index contributed by atoms with van der Waals surface area (Å²) in [6, 6.07) is 26.1. The minimum Gasteiger partial charge on any atom is -0.355 e. The van der Waals surface area contributed by atoms with Gasteiger partial charge in [0.1, 0.15) is 0 Å². The lowest BCUT2D eigenvalue weighted by molar-refractivity contribution is -0.120. The van der Waals surface area contributed by atoms with E-state index in [2.05, 4.69) is 34.9 Å². The molecule has 4 heteroatoms. The Bertz CT molecular complexity index is 945. The van der Waals surface area contributed by atoms with Crippen LogP contribution in [0.2, 0.25) is 0 Å². The summed E-state index contributed by atoms with van der Waals surface area (Å²) in [6.45, 7) is 4.47. The van der Waals surface area contributed by atoms with Gasteiger partial charge in [-0.1, -0.05) is 66.7 Å². The highest BCUT2D eigenvalue weighted by molar-refractivity contribution is 5.96. The van der Waals surface area contributed by atoms with Gasteiger partial charge in [0.25, 0.3) is 5.91 Å². The number of nitrogens with one attached hydrogen (secondary N) is 2. The molecule has 0 saturated heterocycles. The predicted octanol–water partition coefficient (Wildman–Crippen LogP) is 4.37. The SMILES string of the molecule is Cc1ccc(C(=O)NCC(=O)NCCC(c2ccccc2)c2ccccc2)cc1C. The van der Waals surface area contributed by atoms with Crippen molar-refractivity contribution in [2.75, 3.05) is 13.1 Å². The third-order valence-corrected chi connectivity index (χ3v) is 5.34. The molecule has 0 bridgehead atoms. The first-order chi connectivity index (χ1) is 14.5. The van der Waals surface area contributed by atoms with E-state index >= 15 is 0 Å². The highest BCUT2D eigenvalue weighted by atomic mass is 16.2. The zero-order chi connectivity index (χ0) is 21.3. The average Bonchev–Trinajstić information content (AvgIpc) is 2.78. The molecule has 0 aliphatic carbocycles. The minimum atomic E-state index is -0.236. The number of amides is 2. The van der Waals surface area contributed by atoms with E-state index in [4.69, 9.17) is 0 Å². The molecule has 0 radical (unpaired) electrons. The number of hydrogen-bond acceptors (Lipinski definition) is 2. The fourth-order valence-corrected chi connectivity index (χ4v) is 3.46. The molecule has 2 amide bonds. The summed E-state index contributed by atoms with van der Waals surface area (Å²) >= 11 is 0. The fourth-order valence-electron chi connectivity index (χ4n) is 3.46. The van der Waals surface area contributed by atoms with E-state index in [1.165, 1.54) is 11.1 Å². The van der Waals surface area contributed by atoms with Gasteiger partial charge in [-0.3, -0.25) is 9.59 Å². The molecule has 0 fully saturated rings. The molecule has 0 heterocycles. The largest absolute Gasteiger partial charge is 0.355 e. The Hall–Kier alpha value is -3.40. The summed E-state index contributed by atoms with van der Waals surface area (Å²) in [5, 5.41) is 5.62. The quantitative estimate of drug-likeness (QED) is 0.590. The average molecular weight is 401 g/mol. The van der Waals surface area contributed by atoms with Crippen LogP contribution in [-0.4, -0.2) is 24.9 Å². The predicted molar refractivity (Wildman–Crippen MR) is 121 cm³/mol. The van der Waals surface area contributed by atoms with Gasteiger partial charge in [-0.2, -0.15) is 0 Å². The summed E-state index contributed by atoms with van der Waals surface area (Å²) in [7, 11) is 0. The highest BCUT2D eigenvalue weighted by Gasteiger charge is 2.14. The molecule has 0 aromatic heterocycles. The summed E-state index contributed by atoms with van der Waals surface area (Å²) in [5.41, 5.74) is 5.21. The minimum absolute atomic E-state index is 0.0346. The van der Waals surface area contributed by atoms with Gasteiger partial charge in [0, 0.05) is 18.0 Å². The zero-order valence-electron chi connectivity index (χ0n) is 17.5. The molecule has 0 atom stereocenters. The second-order valence-electron chi connectivity index (χ2n) is 7.49. The molecule has 0 aliphatic heterocycles. The number of carbonyl (C=O) groups is 2. The van der Waals surface area contributed by atoms with Gasteiger partial charge in [-0.25, -0.2) is 0 Å². The lowest BCUT2D eigenvalue weighted by Gasteiger charge is -2.18. The van der Waals surface area contributed by atoms with Gasteiger partial charge in [0.05, 0.1) is 6.54 Å². The molecule has 3 aromatic carbocycles. The number of hydrogen-bond donors (Lipinski definition) is 2. The van der Waals surface area contributed by atoms with Crippen LogP contribution in [0.3, 0.4) is 0 Å². The highest BCUT2D eigenvalue weighted by Crippen LogP contribution is 2.27. The monoisotopic (exact) mass is 400 g/mol. The van der Waals surface area contributed by atoms with Gasteiger partial charge in [0.15, 0.2) is 0 Å². The molecule has 3 rings (SSSR count). The van der Waals surface area contributed by atoms with Crippen LogP contribution < -0.4 is 10.6 Å². The maximum Gasteiger partial charge on any atom is 0.251 e. The van der Waals surface area contributed by atoms with Gasteiger partial charge in [0.2, 0.25) is 5.91 Å². The van der Waals surface area contributed by atoms with Crippen molar-refractivity contribution in [3.05, 3.63) is 107 Å². The maximum absolute atomic E-state index is 12.3. The van der Waals surface area contributed by atoms with Gasteiger partial charge >= 0.3 is 0 Å². The van der Waals surface area contributed by atoms with E-state index in [0.29, 0.717) is 12.1 Å². The first kappa shape index (κ1) is 21.3. The lowest BCUT2D eigenvalue weighted by atomic mass is 9.88. The third kappa shape index (κ3) is 5.80. The molecule has 2 N–H and O–H groups in total. The maximum atomic E-state index is 12.3. The van der Waals surface area contributed by atoms with E-state index in [0.717, 1.165) is 17.5 Å². The second kappa shape index (κ2) is 10.4. The standard InChI is InChI=1S/C26H28N2O2/c1-19-13-14-23(17-20(19)2)26(30)28-18-25(29)27-16-15-24(21-9-5-3-6-10-21)22-11-7-4-8-12-22/h3-14,17,24H,15-16,18H2,1-2H3,(H,27,29)(H,28,30). The Morgan fingerprint density at radius 1 is 0.767 bits per heavy atom. The molecule has 0 spiro atoms.